The first-order chi connectivity index (χ1) is 11.3. The fourth-order valence-electron chi connectivity index (χ4n) is 3.06. The van der Waals surface area contributed by atoms with Gasteiger partial charge in [-0.15, -0.1) is 0 Å². The van der Waals surface area contributed by atoms with Gasteiger partial charge in [-0.25, -0.2) is 0 Å². The van der Waals surface area contributed by atoms with Crippen LogP contribution in [0.15, 0.2) is 0 Å². The van der Waals surface area contributed by atoms with Gasteiger partial charge in [-0.2, -0.15) is 34.8 Å². The van der Waals surface area contributed by atoms with Crippen LogP contribution < -0.4 is 0 Å². The van der Waals surface area contributed by atoms with E-state index < -0.39 is 7.42 Å². The SMILES string of the molecule is SCCCCCCCCCCCCCCCCCCC[SiH](Cl)Cl. The summed E-state index contributed by atoms with van der Waals surface area (Å²) in [7, 11) is -1.32. The number of hydrogen-bond acceptors (Lipinski definition) is 1. The van der Waals surface area contributed by atoms with Gasteiger partial charge in [0.15, 0.2) is 0 Å². The van der Waals surface area contributed by atoms with E-state index in [9.17, 15) is 0 Å². The Morgan fingerprint density at radius 3 is 0.957 bits per heavy atom. The summed E-state index contributed by atoms with van der Waals surface area (Å²) in [6.45, 7) is 0. The Hall–Kier alpha value is 1.15. The van der Waals surface area contributed by atoms with Gasteiger partial charge in [-0.05, 0) is 18.2 Å². The Morgan fingerprint density at radius 2 is 0.696 bits per heavy atom. The van der Waals surface area contributed by atoms with Crippen molar-refractivity contribution in [3.63, 3.8) is 0 Å². The van der Waals surface area contributed by atoms with E-state index in [-0.39, 0.29) is 0 Å². The molecule has 0 atom stereocenters. The molecule has 140 valence electrons. The Kier molecular flexibility index (Phi) is 22.2. The first-order valence-corrected chi connectivity index (χ1v) is 15.1. The molecule has 0 aliphatic rings. The molecule has 0 aromatic rings. The van der Waals surface area contributed by atoms with Crippen LogP contribution in [0.2, 0.25) is 6.04 Å². The predicted molar refractivity (Wildman–Crippen MR) is 116 cm³/mol. The molecular formula is C19H40Cl2SSi. The second-order valence-corrected chi connectivity index (χ2v) is 12.6. The van der Waals surface area contributed by atoms with E-state index in [4.69, 9.17) is 22.2 Å². The monoisotopic (exact) mass is 398 g/mol. The highest BCUT2D eigenvalue weighted by molar-refractivity contribution is 7.80. The van der Waals surface area contributed by atoms with E-state index in [1.54, 1.807) is 0 Å². The Balaban J connectivity index is 2.95. The maximum Gasteiger partial charge on any atom is 0.237 e. The fraction of sp³-hybridized carbons (Fsp3) is 1.00. The van der Waals surface area contributed by atoms with Crippen LogP contribution in [0.3, 0.4) is 0 Å². The predicted octanol–water partition coefficient (Wildman–Crippen LogP) is 8.25. The van der Waals surface area contributed by atoms with Crippen LogP contribution in [-0.4, -0.2) is 13.2 Å². The molecule has 0 bridgehead atoms. The maximum atomic E-state index is 5.86. The Labute approximate surface area is 162 Å². The molecule has 0 saturated heterocycles. The fourth-order valence-corrected chi connectivity index (χ4v) is 4.81. The van der Waals surface area contributed by atoms with Crippen molar-refractivity contribution >= 4 is 42.2 Å². The van der Waals surface area contributed by atoms with Gasteiger partial charge >= 0.3 is 0 Å². The average Bonchev–Trinajstić information content (AvgIpc) is 2.53. The molecule has 0 amide bonds. The molecule has 0 unspecified atom stereocenters. The summed E-state index contributed by atoms with van der Waals surface area (Å²) < 4.78 is 0. The summed E-state index contributed by atoms with van der Waals surface area (Å²) in [5.41, 5.74) is 0. The molecule has 0 saturated carbocycles. The third-order valence-electron chi connectivity index (χ3n) is 4.58. The topological polar surface area (TPSA) is 0 Å². The number of unbranched alkanes of at least 4 members (excludes halogenated alkanes) is 16. The standard InChI is InChI=1S/C19H40Cl2SSi/c20-23(21)19-17-15-13-11-9-7-5-3-1-2-4-6-8-10-12-14-16-18-22/h22-23H,1-19H2. The second kappa shape index (κ2) is 21.2. The lowest BCUT2D eigenvalue weighted by Crippen LogP contribution is -1.91. The summed E-state index contributed by atoms with van der Waals surface area (Å²) in [4.78, 5) is 0. The van der Waals surface area contributed by atoms with Gasteiger partial charge in [0, 0.05) is 0 Å². The highest BCUT2D eigenvalue weighted by atomic mass is 35.7. The molecular weight excluding hydrogens is 359 g/mol. The van der Waals surface area contributed by atoms with Crippen molar-refractivity contribution < 1.29 is 0 Å². The van der Waals surface area contributed by atoms with Crippen molar-refractivity contribution in [2.24, 2.45) is 0 Å². The van der Waals surface area contributed by atoms with Gasteiger partial charge in [-0.1, -0.05) is 103 Å². The zero-order chi connectivity index (χ0) is 17.0. The van der Waals surface area contributed by atoms with Crippen molar-refractivity contribution in [3.8, 4) is 0 Å². The average molecular weight is 400 g/mol. The normalized spacial score (nSPS) is 11.5. The summed E-state index contributed by atoms with van der Waals surface area (Å²) >= 11 is 16.0. The largest absolute Gasteiger partial charge is 0.237 e. The van der Waals surface area contributed by atoms with Crippen LogP contribution in [0.1, 0.15) is 109 Å². The molecule has 0 rings (SSSR count). The number of hydrogen-bond donors (Lipinski definition) is 1. The first-order valence-electron chi connectivity index (χ1n) is 10.2. The van der Waals surface area contributed by atoms with Crippen LogP contribution >= 0.6 is 34.8 Å². The van der Waals surface area contributed by atoms with Gasteiger partial charge in [0.2, 0.25) is 7.42 Å². The van der Waals surface area contributed by atoms with Crippen LogP contribution in [0.5, 0.6) is 0 Å². The van der Waals surface area contributed by atoms with E-state index in [1.807, 2.05) is 0 Å². The zero-order valence-corrected chi connectivity index (χ0v) is 18.8. The maximum absolute atomic E-state index is 5.86. The first kappa shape index (κ1) is 24.1. The molecule has 0 nitrogen and oxygen atoms in total. The van der Waals surface area contributed by atoms with Crippen LogP contribution in [0.25, 0.3) is 0 Å². The van der Waals surface area contributed by atoms with Gasteiger partial charge < -0.3 is 0 Å². The van der Waals surface area contributed by atoms with Crippen LogP contribution in [0.4, 0.5) is 0 Å². The molecule has 0 radical (unpaired) electrons. The quantitative estimate of drug-likeness (QED) is 0.0961. The lowest BCUT2D eigenvalue weighted by Gasteiger charge is -2.04. The smallest absolute Gasteiger partial charge is 0.179 e. The van der Waals surface area contributed by atoms with Gasteiger partial charge in [-0.3, -0.25) is 0 Å². The Bertz CT molecular complexity index is 216. The van der Waals surface area contributed by atoms with Crippen LogP contribution in [0, 0.1) is 0 Å². The molecule has 0 N–H and O–H groups in total. The molecule has 4 heteroatoms. The number of halogens is 2. The summed E-state index contributed by atoms with van der Waals surface area (Å²) in [5.74, 6) is 1.06. The second-order valence-electron chi connectivity index (χ2n) is 6.91. The van der Waals surface area contributed by atoms with Crippen molar-refractivity contribution in [1.82, 2.24) is 0 Å². The third-order valence-corrected chi connectivity index (χ3v) is 7.05. The van der Waals surface area contributed by atoms with E-state index in [2.05, 4.69) is 12.6 Å². The minimum absolute atomic E-state index is 1.06. The third kappa shape index (κ3) is 23.1. The molecule has 0 spiro atoms. The van der Waals surface area contributed by atoms with Crippen LogP contribution in [-0.2, 0) is 0 Å². The minimum Gasteiger partial charge on any atom is -0.179 e. The van der Waals surface area contributed by atoms with Gasteiger partial charge in [0.05, 0.1) is 0 Å². The van der Waals surface area contributed by atoms with Gasteiger partial charge in [0.25, 0.3) is 0 Å². The van der Waals surface area contributed by atoms with Crippen molar-refractivity contribution in [2.45, 2.75) is 115 Å². The molecule has 0 fully saturated rings. The minimum atomic E-state index is -1.32. The molecule has 0 aliphatic heterocycles. The van der Waals surface area contributed by atoms with Crippen molar-refractivity contribution in [2.75, 3.05) is 5.75 Å². The summed E-state index contributed by atoms with van der Waals surface area (Å²) in [6, 6.07) is 1.10. The van der Waals surface area contributed by atoms with E-state index in [0.29, 0.717) is 0 Å². The summed E-state index contributed by atoms with van der Waals surface area (Å²) in [5, 5.41) is 0. The molecule has 0 aromatic heterocycles. The summed E-state index contributed by atoms with van der Waals surface area (Å²) in [6.07, 6.45) is 23.9. The highest BCUT2D eigenvalue weighted by Gasteiger charge is 2.00. The highest BCUT2D eigenvalue weighted by Crippen LogP contribution is 2.15. The number of rotatable bonds is 19. The van der Waals surface area contributed by atoms with E-state index in [0.717, 1.165) is 11.8 Å². The number of thiol groups is 1. The molecule has 23 heavy (non-hydrogen) atoms. The molecule has 0 aliphatic carbocycles. The Morgan fingerprint density at radius 1 is 0.435 bits per heavy atom. The van der Waals surface area contributed by atoms with Gasteiger partial charge in [0.1, 0.15) is 0 Å². The van der Waals surface area contributed by atoms with E-state index in [1.165, 1.54) is 109 Å². The lowest BCUT2D eigenvalue weighted by molar-refractivity contribution is 0.529. The van der Waals surface area contributed by atoms with Crippen molar-refractivity contribution in [1.29, 1.82) is 0 Å². The zero-order valence-electron chi connectivity index (χ0n) is 15.2. The molecule has 0 heterocycles. The van der Waals surface area contributed by atoms with Crippen molar-refractivity contribution in [3.05, 3.63) is 0 Å². The van der Waals surface area contributed by atoms with E-state index >= 15 is 0 Å². The lowest BCUT2D eigenvalue weighted by atomic mass is 10.0. The molecule has 0 aromatic carbocycles.